The van der Waals surface area contributed by atoms with Crippen molar-refractivity contribution in [3.63, 3.8) is 0 Å². The number of nitrogens with one attached hydrogen (secondary N) is 2. The molecule has 10 heteroatoms. The van der Waals surface area contributed by atoms with Crippen molar-refractivity contribution < 1.29 is 28.3 Å². The summed E-state index contributed by atoms with van der Waals surface area (Å²) in [4.78, 5) is 52.6. The van der Waals surface area contributed by atoms with Crippen LogP contribution in [-0.4, -0.2) is 74.3 Å². The highest BCUT2D eigenvalue weighted by Crippen LogP contribution is 2.31. The van der Waals surface area contributed by atoms with Crippen molar-refractivity contribution in [1.29, 1.82) is 0 Å². The van der Waals surface area contributed by atoms with Crippen molar-refractivity contribution in [3.8, 4) is 17.6 Å². The Morgan fingerprint density at radius 1 is 1.11 bits per heavy atom. The van der Waals surface area contributed by atoms with Crippen LogP contribution in [0.15, 0.2) is 42.5 Å². The van der Waals surface area contributed by atoms with E-state index in [0.717, 1.165) is 0 Å². The third kappa shape index (κ3) is 6.95. The van der Waals surface area contributed by atoms with Gasteiger partial charge in [-0.1, -0.05) is 24.0 Å². The fourth-order valence-corrected chi connectivity index (χ4v) is 4.21. The summed E-state index contributed by atoms with van der Waals surface area (Å²) >= 11 is 0. The molecule has 1 atom stereocenters. The first-order valence-corrected chi connectivity index (χ1v) is 12.4. The molecule has 2 aliphatic heterocycles. The van der Waals surface area contributed by atoms with Crippen molar-refractivity contribution in [2.45, 2.75) is 25.3 Å². The van der Waals surface area contributed by atoms with E-state index in [1.54, 1.807) is 37.4 Å². The van der Waals surface area contributed by atoms with Crippen LogP contribution in [0.3, 0.4) is 0 Å². The van der Waals surface area contributed by atoms with Crippen LogP contribution in [0.25, 0.3) is 0 Å². The molecule has 1 saturated heterocycles. The predicted molar refractivity (Wildman–Crippen MR) is 138 cm³/mol. The van der Waals surface area contributed by atoms with Gasteiger partial charge < -0.3 is 20.3 Å². The van der Waals surface area contributed by atoms with Gasteiger partial charge in [0.15, 0.2) is 0 Å². The number of ketones is 1. The molecule has 0 aromatic heterocycles. The van der Waals surface area contributed by atoms with E-state index in [2.05, 4.69) is 27.4 Å². The molecule has 3 amide bonds. The van der Waals surface area contributed by atoms with Crippen LogP contribution in [0.5, 0.6) is 5.75 Å². The van der Waals surface area contributed by atoms with Gasteiger partial charge in [0.25, 0.3) is 5.91 Å². The zero-order valence-electron chi connectivity index (χ0n) is 21.1. The van der Waals surface area contributed by atoms with Gasteiger partial charge in [-0.25, -0.2) is 4.39 Å². The molecule has 2 aliphatic rings. The first-order valence-electron chi connectivity index (χ1n) is 12.4. The SMILES string of the molecule is CN1C(=O)[C@@H](NC(=O)C(=O)NCCc2cccc(F)c2)COc2ccc(C#CCN3CCC(=O)CC3)cc21. The van der Waals surface area contributed by atoms with Crippen molar-refractivity contribution in [2.75, 3.05) is 44.7 Å². The van der Waals surface area contributed by atoms with Crippen molar-refractivity contribution in [3.05, 3.63) is 59.4 Å². The van der Waals surface area contributed by atoms with Gasteiger partial charge in [-0.2, -0.15) is 0 Å². The fraction of sp³-hybridized carbons (Fsp3) is 0.357. The van der Waals surface area contributed by atoms with E-state index in [9.17, 15) is 23.6 Å². The number of anilines is 1. The van der Waals surface area contributed by atoms with Crippen molar-refractivity contribution in [1.82, 2.24) is 15.5 Å². The molecule has 198 valence electrons. The van der Waals surface area contributed by atoms with E-state index in [1.165, 1.54) is 17.0 Å². The summed E-state index contributed by atoms with van der Waals surface area (Å²) in [7, 11) is 1.57. The molecular weight excluding hydrogens is 491 g/mol. The average molecular weight is 521 g/mol. The molecule has 4 rings (SSSR count). The maximum absolute atomic E-state index is 13.3. The maximum atomic E-state index is 13.3. The normalized spacial score (nSPS) is 17.4. The van der Waals surface area contributed by atoms with Gasteiger partial charge in [-0.05, 0) is 42.3 Å². The summed E-state index contributed by atoms with van der Waals surface area (Å²) in [6.07, 6.45) is 1.46. The summed E-state index contributed by atoms with van der Waals surface area (Å²) in [6, 6.07) is 10.2. The number of carbonyl (C=O) groups is 4. The number of piperidine rings is 1. The lowest BCUT2D eigenvalue weighted by atomic mass is 10.1. The molecule has 0 aliphatic carbocycles. The molecule has 0 unspecified atom stereocenters. The molecule has 2 heterocycles. The first-order chi connectivity index (χ1) is 18.3. The van der Waals surface area contributed by atoms with Gasteiger partial charge in [0, 0.05) is 45.1 Å². The zero-order chi connectivity index (χ0) is 27.1. The lowest BCUT2D eigenvalue weighted by Gasteiger charge is -2.23. The van der Waals surface area contributed by atoms with Crippen LogP contribution in [-0.2, 0) is 25.6 Å². The van der Waals surface area contributed by atoms with Crippen LogP contribution in [0, 0.1) is 17.7 Å². The third-order valence-corrected chi connectivity index (χ3v) is 6.40. The fourth-order valence-electron chi connectivity index (χ4n) is 4.21. The zero-order valence-corrected chi connectivity index (χ0v) is 21.1. The van der Waals surface area contributed by atoms with Crippen molar-refractivity contribution in [2.24, 2.45) is 0 Å². The van der Waals surface area contributed by atoms with Crippen LogP contribution >= 0.6 is 0 Å². The van der Waals surface area contributed by atoms with E-state index in [0.29, 0.717) is 61.5 Å². The highest BCUT2D eigenvalue weighted by Gasteiger charge is 2.32. The van der Waals surface area contributed by atoms with E-state index in [-0.39, 0.29) is 24.8 Å². The number of Topliss-reactive ketones (excluding diaryl/α,β-unsaturated/α-hetero) is 1. The third-order valence-electron chi connectivity index (χ3n) is 6.40. The topological polar surface area (TPSA) is 108 Å². The Labute approximate surface area is 220 Å². The summed E-state index contributed by atoms with van der Waals surface area (Å²) < 4.78 is 19.0. The van der Waals surface area contributed by atoms with Crippen LogP contribution in [0.4, 0.5) is 10.1 Å². The first kappa shape index (κ1) is 26.8. The van der Waals surface area contributed by atoms with Crippen LogP contribution in [0.1, 0.15) is 24.0 Å². The largest absolute Gasteiger partial charge is 0.489 e. The Morgan fingerprint density at radius 3 is 2.66 bits per heavy atom. The number of nitrogens with zero attached hydrogens (tertiary/aromatic N) is 2. The van der Waals surface area contributed by atoms with Crippen molar-refractivity contribution >= 4 is 29.2 Å². The number of fused-ring (bicyclic) bond motifs is 1. The highest BCUT2D eigenvalue weighted by atomic mass is 19.1. The molecule has 0 spiro atoms. The van der Waals surface area contributed by atoms with E-state index in [4.69, 9.17) is 4.74 Å². The van der Waals surface area contributed by atoms with E-state index in [1.807, 2.05) is 0 Å². The number of amides is 3. The molecule has 2 aromatic carbocycles. The molecule has 0 bridgehead atoms. The van der Waals surface area contributed by atoms with Gasteiger partial charge in [-0.3, -0.25) is 24.1 Å². The number of likely N-dealkylation sites (tertiary alicyclic amines) is 1. The standard InChI is InChI=1S/C28H29FN4O5/c1-32-24-17-19(5-3-13-33-14-10-22(34)11-15-33)7-8-25(24)38-18-23(28(32)37)31-27(36)26(35)30-12-9-20-4-2-6-21(29)16-20/h2,4,6-8,16-17,23H,9-15,18H2,1H3,(H,30,35)(H,31,36)/t23-/m0/s1. The Bertz CT molecular complexity index is 1290. The molecule has 2 N–H and O–H groups in total. The molecular formula is C28H29FN4O5. The summed E-state index contributed by atoms with van der Waals surface area (Å²) in [6.45, 7) is 1.96. The van der Waals surface area contributed by atoms with Gasteiger partial charge in [-0.15, -0.1) is 0 Å². The van der Waals surface area contributed by atoms with Crippen LogP contribution in [0.2, 0.25) is 0 Å². The van der Waals surface area contributed by atoms with Gasteiger partial charge >= 0.3 is 11.8 Å². The maximum Gasteiger partial charge on any atom is 0.310 e. The number of carbonyl (C=O) groups excluding carboxylic acids is 4. The number of likely N-dealkylation sites (N-methyl/N-ethyl adjacent to an activating group) is 1. The Morgan fingerprint density at radius 2 is 1.89 bits per heavy atom. The average Bonchev–Trinajstić information content (AvgIpc) is 3.02. The second-order valence-corrected chi connectivity index (χ2v) is 9.17. The number of benzene rings is 2. The smallest absolute Gasteiger partial charge is 0.310 e. The molecule has 38 heavy (non-hydrogen) atoms. The predicted octanol–water partition coefficient (Wildman–Crippen LogP) is 1.04. The molecule has 0 radical (unpaired) electrons. The van der Waals surface area contributed by atoms with Crippen LogP contribution < -0.4 is 20.3 Å². The Kier molecular flexibility index (Phi) is 8.71. The summed E-state index contributed by atoms with van der Waals surface area (Å²) in [5.74, 6) is 4.27. The number of hydrogen-bond donors (Lipinski definition) is 2. The Hall–Kier alpha value is -4.23. The second-order valence-electron chi connectivity index (χ2n) is 9.17. The molecule has 0 saturated carbocycles. The lowest BCUT2D eigenvalue weighted by molar-refractivity contribution is -0.140. The second kappa shape index (κ2) is 12.3. The molecule has 1 fully saturated rings. The summed E-state index contributed by atoms with van der Waals surface area (Å²) in [5, 5.41) is 4.91. The molecule has 2 aromatic rings. The number of ether oxygens (including phenoxy) is 1. The summed E-state index contributed by atoms with van der Waals surface area (Å²) in [5.41, 5.74) is 1.88. The van der Waals surface area contributed by atoms with Gasteiger partial charge in [0.1, 0.15) is 30.0 Å². The minimum atomic E-state index is -1.06. The van der Waals surface area contributed by atoms with E-state index >= 15 is 0 Å². The molecule has 9 nitrogen and oxygen atoms in total. The monoisotopic (exact) mass is 520 g/mol. The lowest BCUT2D eigenvalue weighted by Crippen LogP contribution is -2.53. The Balaban J connectivity index is 1.31. The quantitative estimate of drug-likeness (QED) is 0.451. The van der Waals surface area contributed by atoms with E-state index < -0.39 is 23.8 Å². The minimum absolute atomic E-state index is 0.135. The number of rotatable bonds is 5. The minimum Gasteiger partial charge on any atom is -0.489 e. The van der Waals surface area contributed by atoms with Gasteiger partial charge in [0.2, 0.25) is 0 Å². The van der Waals surface area contributed by atoms with Gasteiger partial charge in [0.05, 0.1) is 12.2 Å². The highest BCUT2D eigenvalue weighted by molar-refractivity contribution is 6.35. The number of halogens is 1. The number of hydrogen-bond acceptors (Lipinski definition) is 6.